The molecule has 1 aromatic heterocycles. The first-order valence-corrected chi connectivity index (χ1v) is 12.3. The number of H-pyrrole nitrogens is 1. The van der Waals surface area contributed by atoms with Crippen LogP contribution in [-0.2, 0) is 22.6 Å². The van der Waals surface area contributed by atoms with E-state index in [4.69, 9.17) is 0 Å². The molecule has 0 saturated carbocycles. The van der Waals surface area contributed by atoms with Gasteiger partial charge in [0.1, 0.15) is 0 Å². The van der Waals surface area contributed by atoms with E-state index in [-0.39, 0.29) is 11.8 Å². The molecule has 2 amide bonds. The number of carbonyl (C=O) groups is 2. The van der Waals surface area contributed by atoms with E-state index < -0.39 is 0 Å². The van der Waals surface area contributed by atoms with Crippen molar-refractivity contribution in [2.24, 2.45) is 11.8 Å². The van der Waals surface area contributed by atoms with Crippen molar-refractivity contribution in [3.8, 4) is 0 Å². The lowest BCUT2D eigenvalue weighted by molar-refractivity contribution is -0.138. The summed E-state index contributed by atoms with van der Waals surface area (Å²) >= 11 is 0. The number of piperidine rings is 1. The maximum Gasteiger partial charge on any atom is 0.227 e. The summed E-state index contributed by atoms with van der Waals surface area (Å²) in [5.74, 6) is 0.990. The Balaban J connectivity index is 1.19. The summed E-state index contributed by atoms with van der Waals surface area (Å²) in [7, 11) is 0. The third kappa shape index (κ3) is 4.82. The zero-order chi connectivity index (χ0) is 22.6. The molecular formula is C28H33N3O2. The van der Waals surface area contributed by atoms with Crippen molar-refractivity contribution in [2.45, 2.75) is 45.1 Å². The SMILES string of the molecule is O=C(Cc1c[nH]c2ccccc12)N1CCC([C@@H]2CCCCN(Cc3ccccc3)C2=O)CC1. The van der Waals surface area contributed by atoms with Crippen molar-refractivity contribution in [3.63, 3.8) is 0 Å². The van der Waals surface area contributed by atoms with Gasteiger partial charge in [0.2, 0.25) is 11.8 Å². The van der Waals surface area contributed by atoms with E-state index in [0.29, 0.717) is 24.8 Å². The molecule has 0 aliphatic carbocycles. The summed E-state index contributed by atoms with van der Waals surface area (Å²) in [5, 5.41) is 1.13. The molecule has 1 N–H and O–H groups in total. The second-order valence-corrected chi connectivity index (χ2v) is 9.60. The Bertz CT molecular complexity index is 1100. The molecule has 33 heavy (non-hydrogen) atoms. The van der Waals surface area contributed by atoms with Gasteiger partial charge in [-0.15, -0.1) is 0 Å². The van der Waals surface area contributed by atoms with Crippen molar-refractivity contribution >= 4 is 22.7 Å². The number of hydrogen-bond donors (Lipinski definition) is 1. The Hall–Kier alpha value is -3.08. The predicted molar refractivity (Wildman–Crippen MR) is 131 cm³/mol. The number of para-hydroxylation sites is 1. The number of aromatic amines is 1. The van der Waals surface area contributed by atoms with Crippen molar-refractivity contribution in [1.29, 1.82) is 0 Å². The van der Waals surface area contributed by atoms with Gasteiger partial charge in [-0.1, -0.05) is 55.0 Å². The van der Waals surface area contributed by atoms with Crippen LogP contribution in [-0.4, -0.2) is 46.2 Å². The molecule has 0 radical (unpaired) electrons. The third-order valence-corrected chi connectivity index (χ3v) is 7.52. The standard InChI is InChI=1S/C28H33N3O2/c32-27(18-23-19-29-26-12-5-4-10-24(23)26)30-16-13-22(14-17-30)25-11-6-7-15-31(28(25)33)20-21-8-2-1-3-9-21/h1-5,8-10,12,19,22,25,29H,6-7,11,13-18,20H2/t25-/m0/s1. The van der Waals surface area contributed by atoms with E-state index >= 15 is 0 Å². The number of fused-ring (bicyclic) bond motifs is 1. The average molecular weight is 444 g/mol. The Morgan fingerprint density at radius 3 is 2.48 bits per heavy atom. The number of benzene rings is 2. The fourth-order valence-electron chi connectivity index (χ4n) is 5.64. The van der Waals surface area contributed by atoms with Crippen LogP contribution in [0.2, 0.25) is 0 Å². The topological polar surface area (TPSA) is 56.4 Å². The molecule has 0 spiro atoms. The highest BCUT2D eigenvalue weighted by atomic mass is 16.2. The fourth-order valence-corrected chi connectivity index (χ4v) is 5.64. The maximum absolute atomic E-state index is 13.4. The second kappa shape index (κ2) is 9.82. The first-order chi connectivity index (χ1) is 16.2. The molecule has 2 aliphatic rings. The van der Waals surface area contributed by atoms with Gasteiger partial charge in [-0.25, -0.2) is 0 Å². The van der Waals surface area contributed by atoms with Gasteiger partial charge in [-0.2, -0.15) is 0 Å². The van der Waals surface area contributed by atoms with Crippen LogP contribution < -0.4 is 0 Å². The molecule has 172 valence electrons. The lowest BCUT2D eigenvalue weighted by Crippen LogP contribution is -2.44. The zero-order valence-corrected chi connectivity index (χ0v) is 19.2. The van der Waals surface area contributed by atoms with E-state index in [9.17, 15) is 9.59 Å². The van der Waals surface area contributed by atoms with Crippen LogP contribution in [0, 0.1) is 11.8 Å². The van der Waals surface area contributed by atoms with Crippen molar-refractivity contribution in [2.75, 3.05) is 19.6 Å². The highest BCUT2D eigenvalue weighted by Crippen LogP contribution is 2.33. The van der Waals surface area contributed by atoms with Gasteiger partial charge >= 0.3 is 0 Å². The summed E-state index contributed by atoms with van der Waals surface area (Å²) in [6.07, 6.45) is 7.42. The van der Waals surface area contributed by atoms with Crippen molar-refractivity contribution in [1.82, 2.24) is 14.8 Å². The third-order valence-electron chi connectivity index (χ3n) is 7.52. The minimum absolute atomic E-state index is 0.0991. The molecule has 2 aliphatic heterocycles. The van der Waals surface area contributed by atoms with Gasteiger partial charge in [-0.3, -0.25) is 9.59 Å². The quantitative estimate of drug-likeness (QED) is 0.617. The molecule has 5 rings (SSSR count). The zero-order valence-electron chi connectivity index (χ0n) is 19.2. The number of amides is 2. The van der Waals surface area contributed by atoms with Crippen LogP contribution in [0.25, 0.3) is 10.9 Å². The lowest BCUT2D eigenvalue weighted by Gasteiger charge is -2.36. The molecule has 1 atom stereocenters. The second-order valence-electron chi connectivity index (χ2n) is 9.60. The monoisotopic (exact) mass is 443 g/mol. The Morgan fingerprint density at radius 1 is 0.909 bits per heavy atom. The first kappa shape index (κ1) is 21.7. The number of likely N-dealkylation sites (tertiary alicyclic amines) is 2. The summed E-state index contributed by atoms with van der Waals surface area (Å²) in [4.78, 5) is 33.8. The Morgan fingerprint density at radius 2 is 1.67 bits per heavy atom. The van der Waals surface area contributed by atoms with Gasteiger partial charge in [-0.05, 0) is 48.8 Å². The molecule has 0 bridgehead atoms. The smallest absolute Gasteiger partial charge is 0.227 e. The normalized spacial score (nSPS) is 20.2. The molecular weight excluding hydrogens is 410 g/mol. The summed E-state index contributed by atoms with van der Waals surface area (Å²) < 4.78 is 0. The lowest BCUT2D eigenvalue weighted by atomic mass is 9.81. The largest absolute Gasteiger partial charge is 0.361 e. The van der Waals surface area contributed by atoms with E-state index in [2.05, 4.69) is 28.1 Å². The van der Waals surface area contributed by atoms with Crippen LogP contribution in [0.5, 0.6) is 0 Å². The van der Waals surface area contributed by atoms with E-state index in [1.54, 1.807) is 0 Å². The molecule has 2 fully saturated rings. The number of hydrogen-bond acceptors (Lipinski definition) is 2. The minimum Gasteiger partial charge on any atom is -0.361 e. The minimum atomic E-state index is 0.0991. The first-order valence-electron chi connectivity index (χ1n) is 12.3. The van der Waals surface area contributed by atoms with Crippen molar-refractivity contribution < 1.29 is 9.59 Å². The molecule has 3 aromatic rings. The van der Waals surface area contributed by atoms with Gasteiger partial charge in [0.15, 0.2) is 0 Å². The summed E-state index contributed by atoms with van der Waals surface area (Å²) in [6.45, 7) is 3.08. The number of rotatable bonds is 5. The van der Waals surface area contributed by atoms with Gasteiger partial charge in [0.05, 0.1) is 6.42 Å². The fraction of sp³-hybridized carbons (Fsp3) is 0.429. The van der Waals surface area contributed by atoms with Crippen LogP contribution >= 0.6 is 0 Å². The average Bonchev–Trinajstić information content (AvgIpc) is 3.17. The number of nitrogens with zero attached hydrogens (tertiary/aromatic N) is 2. The highest BCUT2D eigenvalue weighted by Gasteiger charge is 2.35. The Labute approximate surface area is 195 Å². The van der Waals surface area contributed by atoms with Gasteiger partial charge in [0, 0.05) is 49.2 Å². The van der Waals surface area contributed by atoms with E-state index in [0.717, 1.165) is 68.2 Å². The van der Waals surface area contributed by atoms with Gasteiger partial charge in [0.25, 0.3) is 0 Å². The summed E-state index contributed by atoms with van der Waals surface area (Å²) in [6, 6.07) is 18.4. The van der Waals surface area contributed by atoms with Crippen LogP contribution in [0.4, 0.5) is 0 Å². The molecule has 0 unspecified atom stereocenters. The number of aromatic nitrogens is 1. The Kier molecular flexibility index (Phi) is 6.47. The van der Waals surface area contributed by atoms with E-state index in [1.807, 2.05) is 47.5 Å². The molecule has 2 aromatic carbocycles. The number of carbonyl (C=O) groups excluding carboxylic acids is 2. The molecule has 5 nitrogen and oxygen atoms in total. The predicted octanol–water partition coefficient (Wildman–Crippen LogP) is 4.78. The van der Waals surface area contributed by atoms with Crippen molar-refractivity contribution in [3.05, 3.63) is 71.9 Å². The molecule has 2 saturated heterocycles. The maximum atomic E-state index is 13.4. The van der Waals surface area contributed by atoms with E-state index in [1.165, 1.54) is 5.56 Å². The molecule has 3 heterocycles. The van der Waals surface area contributed by atoms with Crippen LogP contribution in [0.3, 0.4) is 0 Å². The van der Waals surface area contributed by atoms with Gasteiger partial charge < -0.3 is 14.8 Å². The molecule has 5 heteroatoms. The van der Waals surface area contributed by atoms with Crippen LogP contribution in [0.1, 0.15) is 43.2 Å². The number of nitrogens with one attached hydrogen (secondary N) is 1. The van der Waals surface area contributed by atoms with Crippen LogP contribution in [0.15, 0.2) is 60.8 Å². The summed E-state index contributed by atoms with van der Waals surface area (Å²) in [5.41, 5.74) is 3.34. The highest BCUT2D eigenvalue weighted by molar-refractivity contribution is 5.89.